The van der Waals surface area contributed by atoms with Gasteiger partial charge in [-0.3, -0.25) is 9.63 Å². The molecule has 0 aromatic heterocycles. The summed E-state index contributed by atoms with van der Waals surface area (Å²) in [5.74, 6) is 0. The maximum absolute atomic E-state index is 10.4. The van der Waals surface area contributed by atoms with E-state index < -0.39 is 11.7 Å². The van der Waals surface area contributed by atoms with E-state index in [-0.39, 0.29) is 6.54 Å². The molecule has 71 valence electrons. The highest BCUT2D eigenvalue weighted by Gasteiger charge is 2.16. The molecule has 0 aliphatic heterocycles. The van der Waals surface area contributed by atoms with E-state index in [2.05, 4.69) is 6.92 Å². The van der Waals surface area contributed by atoms with Gasteiger partial charge >= 0.3 is 0 Å². The zero-order valence-electron chi connectivity index (χ0n) is 7.78. The lowest BCUT2D eigenvalue weighted by Crippen LogP contribution is -2.37. The first kappa shape index (κ1) is 11.4. The second-order valence-electron chi connectivity index (χ2n) is 3.56. The number of hydroxylamine groups is 2. The van der Waals surface area contributed by atoms with Gasteiger partial charge in [0.05, 0.1) is 18.2 Å². The van der Waals surface area contributed by atoms with Crippen LogP contribution in [-0.4, -0.2) is 34.8 Å². The third kappa shape index (κ3) is 6.12. The standard InChI is InChI=1S/C8H16NO3/c1-7(11)5-9(6-10)12-8(2,3)4/h6-7,11H,1,5H2,2-4H3. The monoisotopic (exact) mass is 174 g/mol. The molecule has 0 fully saturated rings. The lowest BCUT2D eigenvalue weighted by Gasteiger charge is -2.27. The number of carbonyl (C=O) groups excluding carboxylic acids is 1. The number of carbonyl (C=O) groups is 1. The first-order valence-corrected chi connectivity index (χ1v) is 3.77. The summed E-state index contributed by atoms with van der Waals surface area (Å²) in [5.41, 5.74) is -0.435. The summed E-state index contributed by atoms with van der Waals surface area (Å²) in [7, 11) is 0. The van der Waals surface area contributed by atoms with Gasteiger partial charge in [-0.15, -0.1) is 0 Å². The molecule has 1 atom stereocenters. The van der Waals surface area contributed by atoms with Crippen LogP contribution in [0.25, 0.3) is 0 Å². The molecule has 4 nitrogen and oxygen atoms in total. The van der Waals surface area contributed by atoms with Gasteiger partial charge in [0, 0.05) is 0 Å². The Kier molecular flexibility index (Phi) is 4.20. The fraction of sp³-hybridized carbons (Fsp3) is 0.750. The Labute approximate surface area is 73.1 Å². The van der Waals surface area contributed by atoms with Gasteiger partial charge < -0.3 is 5.11 Å². The summed E-state index contributed by atoms with van der Waals surface area (Å²) in [5, 5.41) is 9.90. The molecule has 0 aliphatic rings. The van der Waals surface area contributed by atoms with Gasteiger partial charge in [0.2, 0.25) is 6.41 Å². The molecule has 0 spiro atoms. The lowest BCUT2D eigenvalue weighted by atomic mass is 10.2. The van der Waals surface area contributed by atoms with Crippen molar-refractivity contribution < 1.29 is 14.7 Å². The van der Waals surface area contributed by atoms with E-state index in [1.165, 1.54) is 0 Å². The van der Waals surface area contributed by atoms with E-state index in [1.54, 1.807) is 0 Å². The molecule has 0 bridgehead atoms. The Morgan fingerprint density at radius 1 is 1.67 bits per heavy atom. The van der Waals surface area contributed by atoms with Crippen LogP contribution in [0.4, 0.5) is 0 Å². The molecule has 0 rings (SSSR count). The van der Waals surface area contributed by atoms with Crippen LogP contribution in [0.15, 0.2) is 0 Å². The summed E-state index contributed by atoms with van der Waals surface area (Å²) in [4.78, 5) is 15.5. The van der Waals surface area contributed by atoms with Crippen molar-refractivity contribution in [2.75, 3.05) is 6.54 Å². The van der Waals surface area contributed by atoms with Crippen molar-refractivity contribution in [1.29, 1.82) is 0 Å². The first-order chi connectivity index (χ1) is 5.35. The van der Waals surface area contributed by atoms with Gasteiger partial charge in [-0.1, -0.05) is 0 Å². The smallest absolute Gasteiger partial charge is 0.233 e. The second-order valence-corrected chi connectivity index (χ2v) is 3.56. The molecule has 0 aromatic carbocycles. The van der Waals surface area contributed by atoms with Crippen molar-refractivity contribution in [3.63, 3.8) is 0 Å². The van der Waals surface area contributed by atoms with E-state index in [4.69, 9.17) is 9.94 Å². The van der Waals surface area contributed by atoms with E-state index in [0.717, 1.165) is 5.06 Å². The molecule has 0 heterocycles. The molecule has 1 unspecified atom stereocenters. The Bertz CT molecular complexity index is 140. The molecular formula is C8H16NO3. The molecule has 12 heavy (non-hydrogen) atoms. The van der Waals surface area contributed by atoms with Gasteiger partial charge in [-0.2, -0.15) is 0 Å². The number of amides is 1. The maximum Gasteiger partial charge on any atom is 0.233 e. The van der Waals surface area contributed by atoms with Crippen LogP contribution in [0.1, 0.15) is 20.8 Å². The Balaban J connectivity index is 3.92. The summed E-state index contributed by atoms with van der Waals surface area (Å²) in [6.45, 7) is 8.87. The van der Waals surface area contributed by atoms with Crippen molar-refractivity contribution in [2.24, 2.45) is 0 Å². The van der Waals surface area contributed by atoms with Crippen LogP contribution in [0, 0.1) is 6.92 Å². The predicted octanol–water partition coefficient (Wildman–Crippen LogP) is 0.370. The number of aliphatic hydroxyl groups is 1. The van der Waals surface area contributed by atoms with Crippen molar-refractivity contribution >= 4 is 6.41 Å². The predicted molar refractivity (Wildman–Crippen MR) is 45.0 cm³/mol. The van der Waals surface area contributed by atoms with Gasteiger partial charge in [0.1, 0.15) is 0 Å². The molecule has 4 heteroatoms. The van der Waals surface area contributed by atoms with Gasteiger partial charge in [-0.05, 0) is 27.7 Å². The average molecular weight is 174 g/mol. The minimum Gasteiger partial charge on any atom is -0.391 e. The molecule has 1 amide bonds. The van der Waals surface area contributed by atoms with E-state index in [1.807, 2.05) is 20.8 Å². The fourth-order valence-electron chi connectivity index (χ4n) is 0.661. The molecule has 1 N–H and O–H groups in total. The maximum atomic E-state index is 10.4. The molecule has 0 aromatic rings. The van der Waals surface area contributed by atoms with Crippen LogP contribution >= 0.6 is 0 Å². The normalized spacial score (nSPS) is 14.1. The Morgan fingerprint density at radius 3 is 2.42 bits per heavy atom. The van der Waals surface area contributed by atoms with E-state index in [9.17, 15) is 4.79 Å². The summed E-state index contributed by atoms with van der Waals surface area (Å²) in [6, 6.07) is 0. The van der Waals surface area contributed by atoms with Gasteiger partial charge in [0.15, 0.2) is 0 Å². The highest BCUT2D eigenvalue weighted by atomic mass is 16.7. The van der Waals surface area contributed by atoms with Crippen LogP contribution < -0.4 is 0 Å². The highest BCUT2D eigenvalue weighted by molar-refractivity contribution is 5.45. The Morgan fingerprint density at radius 2 is 2.17 bits per heavy atom. The largest absolute Gasteiger partial charge is 0.391 e. The lowest BCUT2D eigenvalue weighted by molar-refractivity contribution is -0.221. The summed E-state index contributed by atoms with van der Waals surface area (Å²) in [6.07, 6.45) is -0.294. The fourth-order valence-corrected chi connectivity index (χ4v) is 0.661. The number of nitrogens with zero attached hydrogens (tertiary/aromatic N) is 1. The first-order valence-electron chi connectivity index (χ1n) is 3.77. The van der Waals surface area contributed by atoms with Gasteiger partial charge in [-0.25, -0.2) is 5.06 Å². The summed E-state index contributed by atoms with van der Waals surface area (Å²) < 4.78 is 0. The molecule has 0 saturated carbocycles. The van der Waals surface area contributed by atoms with Crippen LogP contribution in [0.3, 0.4) is 0 Å². The van der Waals surface area contributed by atoms with E-state index in [0.29, 0.717) is 6.41 Å². The van der Waals surface area contributed by atoms with Crippen molar-refractivity contribution in [2.45, 2.75) is 32.5 Å². The van der Waals surface area contributed by atoms with Crippen molar-refractivity contribution in [1.82, 2.24) is 5.06 Å². The average Bonchev–Trinajstić information content (AvgIpc) is 1.82. The molecule has 0 saturated heterocycles. The summed E-state index contributed by atoms with van der Waals surface area (Å²) >= 11 is 0. The number of aliphatic hydroxyl groups excluding tert-OH is 1. The van der Waals surface area contributed by atoms with Crippen LogP contribution in [0.5, 0.6) is 0 Å². The SMILES string of the molecule is [CH2]C(O)CN(C=O)OC(C)(C)C. The van der Waals surface area contributed by atoms with Crippen molar-refractivity contribution in [3.05, 3.63) is 6.92 Å². The van der Waals surface area contributed by atoms with Gasteiger partial charge in [0.25, 0.3) is 0 Å². The Hall–Kier alpha value is -0.610. The minimum atomic E-state index is -0.822. The van der Waals surface area contributed by atoms with Crippen LogP contribution in [0.2, 0.25) is 0 Å². The second kappa shape index (κ2) is 4.42. The highest BCUT2D eigenvalue weighted by Crippen LogP contribution is 2.08. The third-order valence-electron chi connectivity index (χ3n) is 0.899. The quantitative estimate of drug-likeness (QED) is 0.495. The number of hydrogen-bond donors (Lipinski definition) is 1. The zero-order valence-corrected chi connectivity index (χ0v) is 7.78. The molecular weight excluding hydrogens is 158 g/mol. The van der Waals surface area contributed by atoms with E-state index >= 15 is 0 Å². The minimum absolute atomic E-state index is 0.0841. The van der Waals surface area contributed by atoms with Crippen LogP contribution in [-0.2, 0) is 9.63 Å². The topological polar surface area (TPSA) is 49.8 Å². The molecule has 1 radical (unpaired) electrons. The zero-order chi connectivity index (χ0) is 9.78. The molecule has 0 aliphatic carbocycles. The number of rotatable bonds is 4. The van der Waals surface area contributed by atoms with Crippen molar-refractivity contribution in [3.8, 4) is 0 Å². The third-order valence-corrected chi connectivity index (χ3v) is 0.899. The number of hydrogen-bond acceptors (Lipinski definition) is 3.